The topological polar surface area (TPSA) is 38.4 Å². The summed E-state index contributed by atoms with van der Waals surface area (Å²) in [5.74, 6) is -0.304. The molecule has 1 aromatic rings. The van der Waals surface area contributed by atoms with Crippen LogP contribution in [-0.2, 0) is 0 Å². The van der Waals surface area contributed by atoms with E-state index in [1.54, 1.807) is 12.1 Å². The molecule has 0 heterocycles. The molecule has 2 rings (SSSR count). The van der Waals surface area contributed by atoms with Crippen LogP contribution >= 0.6 is 0 Å². The standard InChI is InChI=1S/C23H31FN2/c1-7-9-16(4)21(17(5)26-18-13-23(6,8-2)14-18)22(25)19-11-10-15(3)12-20(19)24/h7,9-12,18H,1,8,13-14,25H2,2-6H3/b16-9-,22-21-,26-17?. The average molecular weight is 355 g/mol. The van der Waals surface area contributed by atoms with Crippen molar-refractivity contribution in [3.8, 4) is 0 Å². The van der Waals surface area contributed by atoms with Gasteiger partial charge >= 0.3 is 0 Å². The van der Waals surface area contributed by atoms with E-state index in [9.17, 15) is 4.39 Å². The highest BCUT2D eigenvalue weighted by Gasteiger charge is 2.38. The molecule has 0 unspecified atom stereocenters. The van der Waals surface area contributed by atoms with Gasteiger partial charge in [-0.25, -0.2) is 4.39 Å². The Morgan fingerprint density at radius 2 is 2.04 bits per heavy atom. The monoisotopic (exact) mass is 354 g/mol. The van der Waals surface area contributed by atoms with E-state index in [0.29, 0.717) is 22.7 Å². The third-order valence-corrected chi connectivity index (χ3v) is 5.49. The first-order valence-electron chi connectivity index (χ1n) is 9.31. The molecule has 0 aromatic heterocycles. The van der Waals surface area contributed by atoms with Gasteiger partial charge in [0.05, 0.1) is 11.7 Å². The largest absolute Gasteiger partial charge is 0.398 e. The first-order valence-corrected chi connectivity index (χ1v) is 9.31. The molecule has 0 spiro atoms. The second-order valence-corrected chi connectivity index (χ2v) is 7.80. The molecule has 0 atom stereocenters. The maximum absolute atomic E-state index is 14.5. The van der Waals surface area contributed by atoms with Crippen molar-refractivity contribution in [2.45, 2.75) is 59.9 Å². The number of aryl methyl sites for hydroxylation is 1. The van der Waals surface area contributed by atoms with Crippen LogP contribution in [0.2, 0.25) is 0 Å². The minimum absolute atomic E-state index is 0.304. The predicted molar refractivity (Wildman–Crippen MR) is 111 cm³/mol. The number of allylic oxidation sites excluding steroid dienone is 4. The molecule has 1 aliphatic rings. The molecule has 0 aliphatic heterocycles. The molecule has 1 aliphatic carbocycles. The van der Waals surface area contributed by atoms with E-state index in [1.807, 2.05) is 32.9 Å². The number of hydrogen-bond donors (Lipinski definition) is 1. The average Bonchev–Trinajstić information content (AvgIpc) is 2.53. The Bertz CT molecular complexity index is 777. The van der Waals surface area contributed by atoms with Crippen molar-refractivity contribution < 1.29 is 4.39 Å². The van der Waals surface area contributed by atoms with Gasteiger partial charge in [-0.1, -0.05) is 45.1 Å². The van der Waals surface area contributed by atoms with Crippen molar-refractivity contribution in [1.29, 1.82) is 0 Å². The minimum Gasteiger partial charge on any atom is -0.398 e. The molecular formula is C23H31FN2. The molecule has 2 nitrogen and oxygen atoms in total. The van der Waals surface area contributed by atoms with E-state index in [2.05, 4.69) is 20.4 Å². The zero-order valence-electron chi connectivity index (χ0n) is 16.7. The van der Waals surface area contributed by atoms with Crippen molar-refractivity contribution in [1.82, 2.24) is 0 Å². The van der Waals surface area contributed by atoms with Gasteiger partial charge in [0.2, 0.25) is 0 Å². The van der Waals surface area contributed by atoms with E-state index in [-0.39, 0.29) is 5.82 Å². The molecule has 0 saturated heterocycles. The fourth-order valence-corrected chi connectivity index (χ4v) is 3.72. The quantitative estimate of drug-likeness (QED) is 0.495. The van der Waals surface area contributed by atoms with Crippen molar-refractivity contribution >= 4 is 11.4 Å². The Kier molecular flexibility index (Phi) is 6.22. The third kappa shape index (κ3) is 4.32. The van der Waals surface area contributed by atoms with Crippen LogP contribution in [-0.4, -0.2) is 11.8 Å². The van der Waals surface area contributed by atoms with Crippen LogP contribution < -0.4 is 5.73 Å². The molecule has 1 saturated carbocycles. The fraction of sp³-hybridized carbons (Fsp3) is 0.435. The molecule has 3 heteroatoms. The van der Waals surface area contributed by atoms with Crippen LogP contribution in [0.4, 0.5) is 4.39 Å². The number of rotatable bonds is 6. The summed E-state index contributed by atoms with van der Waals surface area (Å²) in [6, 6.07) is 5.45. The summed E-state index contributed by atoms with van der Waals surface area (Å²) in [6.07, 6.45) is 6.98. The molecule has 26 heavy (non-hydrogen) atoms. The number of halogens is 1. The highest BCUT2D eigenvalue weighted by molar-refractivity contribution is 6.08. The Balaban J connectivity index is 2.46. The Labute approximate surface area is 157 Å². The predicted octanol–water partition coefficient (Wildman–Crippen LogP) is 5.98. The summed E-state index contributed by atoms with van der Waals surface area (Å²) in [6.45, 7) is 14.1. The Hall–Kier alpha value is -2.16. The first kappa shape index (κ1) is 20.2. The molecular weight excluding hydrogens is 323 g/mol. The number of nitrogens with two attached hydrogens (primary N) is 1. The van der Waals surface area contributed by atoms with Gasteiger partial charge in [-0.3, -0.25) is 4.99 Å². The van der Waals surface area contributed by atoms with Crippen molar-refractivity contribution in [3.63, 3.8) is 0 Å². The van der Waals surface area contributed by atoms with Crippen LogP contribution in [0.3, 0.4) is 0 Å². The summed E-state index contributed by atoms with van der Waals surface area (Å²) in [4.78, 5) is 4.90. The van der Waals surface area contributed by atoms with E-state index in [1.165, 1.54) is 12.5 Å². The molecule has 1 fully saturated rings. The Morgan fingerprint density at radius 3 is 2.58 bits per heavy atom. The van der Waals surface area contributed by atoms with Gasteiger partial charge in [-0.05, 0) is 62.3 Å². The molecule has 0 amide bonds. The highest BCUT2D eigenvalue weighted by Crippen LogP contribution is 2.45. The summed E-state index contributed by atoms with van der Waals surface area (Å²) < 4.78 is 14.5. The molecule has 2 N–H and O–H groups in total. The zero-order valence-corrected chi connectivity index (χ0v) is 16.7. The molecule has 0 radical (unpaired) electrons. The maximum atomic E-state index is 14.5. The summed E-state index contributed by atoms with van der Waals surface area (Å²) in [5, 5.41) is 0. The third-order valence-electron chi connectivity index (χ3n) is 5.49. The smallest absolute Gasteiger partial charge is 0.132 e. The second-order valence-electron chi connectivity index (χ2n) is 7.80. The number of aliphatic imine (C=N–C) groups is 1. The fourth-order valence-electron chi connectivity index (χ4n) is 3.72. The lowest BCUT2D eigenvalue weighted by molar-refractivity contribution is 0.125. The SMILES string of the molecule is C=C/C=C(C)\C(C(C)=NC1CC(C)(CC)C1)=C(\N)c1ccc(C)cc1F. The van der Waals surface area contributed by atoms with Crippen molar-refractivity contribution in [3.05, 3.63) is 65.0 Å². The number of hydrogen-bond acceptors (Lipinski definition) is 2. The highest BCUT2D eigenvalue weighted by atomic mass is 19.1. The van der Waals surface area contributed by atoms with Crippen LogP contribution in [0.1, 0.15) is 58.1 Å². The van der Waals surface area contributed by atoms with Gasteiger partial charge in [0.15, 0.2) is 0 Å². The van der Waals surface area contributed by atoms with Gasteiger partial charge in [0.25, 0.3) is 0 Å². The summed E-state index contributed by atoms with van der Waals surface area (Å²) in [7, 11) is 0. The van der Waals surface area contributed by atoms with E-state index in [0.717, 1.165) is 35.3 Å². The van der Waals surface area contributed by atoms with Gasteiger partial charge in [0.1, 0.15) is 5.82 Å². The van der Waals surface area contributed by atoms with Crippen LogP contribution in [0, 0.1) is 18.2 Å². The van der Waals surface area contributed by atoms with Crippen molar-refractivity contribution in [2.75, 3.05) is 0 Å². The van der Waals surface area contributed by atoms with Crippen LogP contribution in [0.25, 0.3) is 5.70 Å². The summed E-state index contributed by atoms with van der Waals surface area (Å²) >= 11 is 0. The van der Waals surface area contributed by atoms with Crippen LogP contribution in [0.15, 0.2) is 53.1 Å². The summed E-state index contributed by atoms with van der Waals surface area (Å²) in [5.41, 5.74) is 11.1. The molecule has 140 valence electrons. The lowest BCUT2D eigenvalue weighted by Gasteiger charge is -2.43. The van der Waals surface area contributed by atoms with E-state index in [4.69, 9.17) is 10.7 Å². The van der Waals surface area contributed by atoms with E-state index < -0.39 is 0 Å². The van der Waals surface area contributed by atoms with Crippen molar-refractivity contribution in [2.24, 2.45) is 16.1 Å². The molecule has 0 bridgehead atoms. The van der Waals surface area contributed by atoms with Gasteiger partial charge in [-0.15, -0.1) is 0 Å². The molecule has 1 aromatic carbocycles. The Morgan fingerprint density at radius 1 is 1.38 bits per heavy atom. The minimum atomic E-state index is -0.304. The normalized spacial score (nSPS) is 24.8. The lowest BCUT2D eigenvalue weighted by atomic mass is 9.65. The zero-order chi connectivity index (χ0) is 19.5. The van der Waals surface area contributed by atoms with Gasteiger partial charge < -0.3 is 5.73 Å². The number of nitrogens with zero attached hydrogens (tertiary/aromatic N) is 1. The first-order chi connectivity index (χ1) is 12.2. The maximum Gasteiger partial charge on any atom is 0.132 e. The van der Waals surface area contributed by atoms with Crippen LogP contribution in [0.5, 0.6) is 0 Å². The second kappa shape index (κ2) is 8.03. The lowest BCUT2D eigenvalue weighted by Crippen LogP contribution is -2.37. The van der Waals surface area contributed by atoms with Gasteiger partial charge in [0, 0.05) is 16.8 Å². The van der Waals surface area contributed by atoms with Gasteiger partial charge in [-0.2, -0.15) is 0 Å². The van der Waals surface area contributed by atoms with E-state index >= 15 is 0 Å². The number of benzene rings is 1.